The van der Waals surface area contributed by atoms with E-state index in [1.165, 1.54) is 18.3 Å². The number of H-pyrrole nitrogens is 1. The van der Waals surface area contributed by atoms with Crippen LogP contribution in [0.2, 0.25) is 10.0 Å². The van der Waals surface area contributed by atoms with Crippen molar-refractivity contribution in [1.82, 2.24) is 20.8 Å². The maximum atomic E-state index is 12.4. The number of carbonyl (C=O) groups excluding carboxylic acids is 2. The summed E-state index contributed by atoms with van der Waals surface area (Å²) >= 11 is 11.9. The van der Waals surface area contributed by atoms with Crippen molar-refractivity contribution < 1.29 is 9.59 Å². The largest absolute Gasteiger partial charge is 0.348 e. The van der Waals surface area contributed by atoms with E-state index in [2.05, 4.69) is 26.1 Å². The number of piperidine rings is 1. The fourth-order valence-corrected chi connectivity index (χ4v) is 3.14. The summed E-state index contributed by atoms with van der Waals surface area (Å²) in [6.45, 7) is 1.74. The molecule has 132 valence electrons. The van der Waals surface area contributed by atoms with E-state index in [1.807, 2.05) is 0 Å². The number of aromatic nitrogens is 2. The number of aromatic amines is 1. The summed E-state index contributed by atoms with van der Waals surface area (Å²) in [5, 5.41) is 16.0. The fraction of sp³-hybridized carbons (Fsp3) is 0.312. The molecular weight excluding hydrogens is 365 g/mol. The highest BCUT2D eigenvalue weighted by atomic mass is 35.5. The smallest absolute Gasteiger partial charge is 0.271 e. The summed E-state index contributed by atoms with van der Waals surface area (Å²) in [7, 11) is 0. The lowest BCUT2D eigenvalue weighted by Crippen LogP contribution is -2.43. The Labute approximate surface area is 154 Å². The zero-order valence-electron chi connectivity index (χ0n) is 13.2. The SMILES string of the molecule is O=C(Nc1cn[nH]c1C(=O)NC1CCNCC1)c1ccc(Cl)cc1Cl. The van der Waals surface area contributed by atoms with Gasteiger partial charge in [-0.3, -0.25) is 14.7 Å². The molecule has 4 N–H and O–H groups in total. The Kier molecular flexibility index (Phi) is 5.57. The van der Waals surface area contributed by atoms with Crippen LogP contribution in [0.15, 0.2) is 24.4 Å². The van der Waals surface area contributed by atoms with Crippen LogP contribution in [-0.2, 0) is 0 Å². The van der Waals surface area contributed by atoms with Gasteiger partial charge >= 0.3 is 0 Å². The molecule has 0 bridgehead atoms. The maximum absolute atomic E-state index is 12.4. The predicted molar refractivity (Wildman–Crippen MR) is 96.4 cm³/mol. The van der Waals surface area contributed by atoms with Gasteiger partial charge in [0.05, 0.1) is 22.5 Å². The van der Waals surface area contributed by atoms with Gasteiger partial charge in [0.2, 0.25) is 0 Å². The highest BCUT2D eigenvalue weighted by Gasteiger charge is 2.21. The number of hydrogen-bond donors (Lipinski definition) is 4. The standard InChI is InChI=1S/C16H17Cl2N5O2/c17-9-1-2-11(12(18)7-9)15(24)22-13-8-20-23-14(13)16(25)21-10-3-5-19-6-4-10/h1-2,7-8,10,19H,3-6H2,(H,20,23)(H,21,25)(H,22,24). The first kappa shape index (κ1) is 17.7. The van der Waals surface area contributed by atoms with Crippen LogP contribution in [0.1, 0.15) is 33.7 Å². The Morgan fingerprint density at radius 1 is 1.16 bits per heavy atom. The second-order valence-corrected chi connectivity index (χ2v) is 6.58. The van der Waals surface area contributed by atoms with E-state index >= 15 is 0 Å². The van der Waals surface area contributed by atoms with E-state index in [1.54, 1.807) is 6.07 Å². The quantitative estimate of drug-likeness (QED) is 0.653. The molecule has 0 unspecified atom stereocenters. The van der Waals surface area contributed by atoms with Gasteiger partial charge in [0.25, 0.3) is 11.8 Å². The third-order valence-electron chi connectivity index (χ3n) is 3.96. The number of benzene rings is 1. The summed E-state index contributed by atoms with van der Waals surface area (Å²) in [6, 6.07) is 4.68. The number of anilines is 1. The highest BCUT2D eigenvalue weighted by molar-refractivity contribution is 6.37. The maximum Gasteiger partial charge on any atom is 0.271 e. The molecule has 0 spiro atoms. The minimum atomic E-state index is -0.445. The van der Waals surface area contributed by atoms with Crippen molar-refractivity contribution in [2.45, 2.75) is 18.9 Å². The van der Waals surface area contributed by atoms with Crippen molar-refractivity contribution in [3.8, 4) is 0 Å². The molecule has 7 nitrogen and oxygen atoms in total. The molecule has 1 saturated heterocycles. The van der Waals surface area contributed by atoms with Crippen LogP contribution < -0.4 is 16.0 Å². The zero-order chi connectivity index (χ0) is 17.8. The molecule has 0 radical (unpaired) electrons. The van der Waals surface area contributed by atoms with E-state index in [9.17, 15) is 9.59 Å². The highest BCUT2D eigenvalue weighted by Crippen LogP contribution is 2.22. The van der Waals surface area contributed by atoms with Crippen LogP contribution in [0.3, 0.4) is 0 Å². The normalized spacial score (nSPS) is 15.0. The van der Waals surface area contributed by atoms with Crippen LogP contribution >= 0.6 is 23.2 Å². The van der Waals surface area contributed by atoms with Crippen LogP contribution in [0.5, 0.6) is 0 Å². The number of hydrogen-bond acceptors (Lipinski definition) is 4. The molecule has 1 aliphatic heterocycles. The fourth-order valence-electron chi connectivity index (χ4n) is 2.64. The van der Waals surface area contributed by atoms with Crippen molar-refractivity contribution in [2.24, 2.45) is 0 Å². The van der Waals surface area contributed by atoms with Crippen molar-refractivity contribution >= 4 is 40.7 Å². The summed E-state index contributed by atoms with van der Waals surface area (Å²) < 4.78 is 0. The molecule has 9 heteroatoms. The van der Waals surface area contributed by atoms with Crippen LogP contribution in [-0.4, -0.2) is 41.1 Å². The number of nitrogens with one attached hydrogen (secondary N) is 4. The van der Waals surface area contributed by atoms with Gasteiger partial charge < -0.3 is 16.0 Å². The van der Waals surface area contributed by atoms with Crippen molar-refractivity contribution in [3.05, 3.63) is 45.7 Å². The Morgan fingerprint density at radius 2 is 1.92 bits per heavy atom. The number of amides is 2. The van der Waals surface area contributed by atoms with Gasteiger partial charge in [-0.25, -0.2) is 0 Å². The van der Waals surface area contributed by atoms with E-state index in [0.717, 1.165) is 25.9 Å². The number of carbonyl (C=O) groups is 2. The van der Waals surface area contributed by atoms with Crippen LogP contribution in [0, 0.1) is 0 Å². The first-order chi connectivity index (χ1) is 12.0. The molecular formula is C16H17Cl2N5O2. The first-order valence-electron chi connectivity index (χ1n) is 7.86. The van der Waals surface area contributed by atoms with Gasteiger partial charge in [-0.2, -0.15) is 5.10 Å². The second-order valence-electron chi connectivity index (χ2n) is 5.73. The third-order valence-corrected chi connectivity index (χ3v) is 4.51. The van der Waals surface area contributed by atoms with E-state index in [0.29, 0.717) is 10.7 Å². The molecule has 2 amide bonds. The van der Waals surface area contributed by atoms with Gasteiger partial charge in [0.15, 0.2) is 0 Å². The number of nitrogens with zero attached hydrogens (tertiary/aromatic N) is 1. The molecule has 1 aromatic carbocycles. The molecule has 3 rings (SSSR count). The molecule has 25 heavy (non-hydrogen) atoms. The van der Waals surface area contributed by atoms with Crippen molar-refractivity contribution in [1.29, 1.82) is 0 Å². The van der Waals surface area contributed by atoms with Gasteiger partial charge in [0, 0.05) is 11.1 Å². The number of halogens is 2. The van der Waals surface area contributed by atoms with Gasteiger partial charge in [0.1, 0.15) is 5.69 Å². The molecule has 1 aromatic heterocycles. The van der Waals surface area contributed by atoms with Crippen LogP contribution in [0.4, 0.5) is 5.69 Å². The topological polar surface area (TPSA) is 98.9 Å². The van der Waals surface area contributed by atoms with E-state index in [-0.39, 0.29) is 28.2 Å². The van der Waals surface area contributed by atoms with E-state index < -0.39 is 5.91 Å². The average Bonchev–Trinajstić information content (AvgIpc) is 3.03. The Bertz CT molecular complexity index is 787. The summed E-state index contributed by atoms with van der Waals surface area (Å²) in [6.07, 6.45) is 3.11. The van der Waals surface area contributed by atoms with E-state index in [4.69, 9.17) is 23.2 Å². The van der Waals surface area contributed by atoms with Gasteiger partial charge in [-0.1, -0.05) is 23.2 Å². The zero-order valence-corrected chi connectivity index (χ0v) is 14.7. The van der Waals surface area contributed by atoms with Crippen molar-refractivity contribution in [2.75, 3.05) is 18.4 Å². The molecule has 0 aliphatic carbocycles. The lowest BCUT2D eigenvalue weighted by molar-refractivity contribution is 0.0925. The summed E-state index contributed by atoms with van der Waals surface area (Å²) in [5.41, 5.74) is 0.761. The lowest BCUT2D eigenvalue weighted by atomic mass is 10.1. The number of rotatable bonds is 4. The molecule has 1 aliphatic rings. The monoisotopic (exact) mass is 381 g/mol. The molecule has 1 fully saturated rings. The Balaban J connectivity index is 1.70. The van der Waals surface area contributed by atoms with Gasteiger partial charge in [-0.05, 0) is 44.1 Å². The molecule has 2 aromatic rings. The average molecular weight is 382 g/mol. The van der Waals surface area contributed by atoms with Crippen LogP contribution in [0.25, 0.3) is 0 Å². The predicted octanol–water partition coefficient (Wildman–Crippen LogP) is 2.45. The Morgan fingerprint density at radius 3 is 2.64 bits per heavy atom. The minimum absolute atomic E-state index is 0.103. The third kappa shape index (κ3) is 4.31. The first-order valence-corrected chi connectivity index (χ1v) is 8.61. The van der Waals surface area contributed by atoms with Crippen molar-refractivity contribution in [3.63, 3.8) is 0 Å². The minimum Gasteiger partial charge on any atom is -0.348 e. The Hall–Kier alpha value is -2.09. The lowest BCUT2D eigenvalue weighted by Gasteiger charge is -2.23. The summed E-state index contributed by atoms with van der Waals surface area (Å²) in [5.74, 6) is -0.749. The molecule has 2 heterocycles. The molecule has 0 saturated carbocycles. The van der Waals surface area contributed by atoms with Gasteiger partial charge in [-0.15, -0.1) is 0 Å². The summed E-state index contributed by atoms with van der Waals surface area (Å²) in [4.78, 5) is 24.8. The second kappa shape index (κ2) is 7.86. The molecule has 0 atom stereocenters.